The van der Waals surface area contributed by atoms with E-state index in [1.165, 1.54) is 0 Å². The van der Waals surface area contributed by atoms with E-state index >= 15 is 0 Å². The number of ketones is 1. The number of aromatic nitrogens is 5. The second-order valence-electron chi connectivity index (χ2n) is 11.8. The molecule has 10 nitrogen and oxygen atoms in total. The van der Waals surface area contributed by atoms with Crippen molar-refractivity contribution in [3.05, 3.63) is 47.3 Å². The Bertz CT molecular complexity index is 1680. The molecule has 7 rings (SSSR count). The number of Topliss-reactive ketones (excluding diaryl/α,β-unsaturated/α-hetero) is 1. The van der Waals surface area contributed by atoms with Crippen molar-refractivity contribution in [2.24, 2.45) is 18.9 Å². The third-order valence-electron chi connectivity index (χ3n) is 8.83. The molecule has 1 N–H and O–H groups in total. The lowest BCUT2D eigenvalue weighted by Gasteiger charge is -2.28. The molecule has 0 spiro atoms. The molecule has 41 heavy (non-hydrogen) atoms. The van der Waals surface area contributed by atoms with E-state index in [4.69, 9.17) is 14.7 Å². The van der Waals surface area contributed by atoms with Crippen LogP contribution in [0.1, 0.15) is 53.8 Å². The molecular formula is C31H35N7O3. The summed E-state index contributed by atoms with van der Waals surface area (Å²) < 4.78 is 10.4. The van der Waals surface area contributed by atoms with Gasteiger partial charge in [-0.05, 0) is 75.3 Å². The molecule has 1 aromatic carbocycles. The summed E-state index contributed by atoms with van der Waals surface area (Å²) in [6.45, 7) is 6.69. The number of amides is 1. The lowest BCUT2D eigenvalue weighted by Crippen LogP contribution is -2.33. The second kappa shape index (κ2) is 10.0. The van der Waals surface area contributed by atoms with Gasteiger partial charge in [0.1, 0.15) is 5.78 Å². The molecule has 1 saturated carbocycles. The Morgan fingerprint density at radius 1 is 1.00 bits per heavy atom. The van der Waals surface area contributed by atoms with Gasteiger partial charge in [0, 0.05) is 56.5 Å². The summed E-state index contributed by atoms with van der Waals surface area (Å²) in [6, 6.07) is 9.88. The first-order valence-electron chi connectivity index (χ1n) is 14.6. The minimum absolute atomic E-state index is 0.230. The number of benzene rings is 1. The largest absolute Gasteiger partial charge is 0.477 e. The highest BCUT2D eigenvalue weighted by Gasteiger charge is 2.29. The van der Waals surface area contributed by atoms with Crippen molar-refractivity contribution in [2.45, 2.75) is 52.5 Å². The fourth-order valence-electron chi connectivity index (χ4n) is 6.75. The zero-order valence-corrected chi connectivity index (χ0v) is 23.8. The molecule has 2 atom stereocenters. The molecule has 1 saturated heterocycles. The molecule has 2 fully saturated rings. The molecule has 10 heteroatoms. The molecule has 2 aliphatic heterocycles. The van der Waals surface area contributed by atoms with E-state index in [2.05, 4.69) is 32.0 Å². The standard InChI is InChI=1S/C31H35N7O3/c1-18-12-22-14-26(32-18)28-19(2)35-36(3)30(28)41-17-21-5-4-20(13-21)16-38-27-15-23(37-10-8-24(39)9-11-37)6-7-25(27)33-31(38)34-29(22)40/h6-7,12,14-15,20-21H,4-5,8-11,13,16-17H2,1-3H3,(H,33,34,40)/t20-,21+/m1/s1. The zero-order valence-electron chi connectivity index (χ0n) is 23.8. The maximum Gasteiger partial charge on any atom is 0.258 e. The van der Waals surface area contributed by atoms with E-state index in [0.717, 1.165) is 72.6 Å². The lowest BCUT2D eigenvalue weighted by atomic mass is 10.1. The van der Waals surface area contributed by atoms with Crippen LogP contribution in [0.3, 0.4) is 0 Å². The van der Waals surface area contributed by atoms with E-state index in [1.54, 1.807) is 10.7 Å². The Balaban J connectivity index is 1.32. The highest BCUT2D eigenvalue weighted by atomic mass is 16.5. The number of aryl methyl sites for hydroxylation is 3. The minimum Gasteiger partial charge on any atom is -0.477 e. The number of rotatable bonds is 1. The van der Waals surface area contributed by atoms with Crippen molar-refractivity contribution in [3.8, 4) is 17.1 Å². The third-order valence-corrected chi connectivity index (χ3v) is 8.83. The maximum atomic E-state index is 13.7. The minimum atomic E-state index is -0.230. The van der Waals surface area contributed by atoms with E-state index in [-0.39, 0.29) is 5.91 Å². The average molecular weight is 554 g/mol. The molecule has 5 heterocycles. The van der Waals surface area contributed by atoms with E-state index < -0.39 is 0 Å². The molecule has 0 unspecified atom stereocenters. The summed E-state index contributed by atoms with van der Waals surface area (Å²) in [7, 11) is 1.89. The molecule has 0 radical (unpaired) electrons. The highest BCUT2D eigenvalue weighted by Crippen LogP contribution is 2.38. The summed E-state index contributed by atoms with van der Waals surface area (Å²) in [4.78, 5) is 37.5. The number of fused-ring (bicyclic) bond motifs is 9. The SMILES string of the molecule is Cc1cc2cc(n1)-c1c(C)nn(C)c1OC[C@H]1CC[C@H](C1)Cn1c(nc3ccc(N4CCC(=O)CC4)cc31)NC2=O. The van der Waals surface area contributed by atoms with Gasteiger partial charge in [-0.15, -0.1) is 0 Å². The Kier molecular flexibility index (Phi) is 6.28. The van der Waals surface area contributed by atoms with Crippen LogP contribution >= 0.6 is 0 Å². The van der Waals surface area contributed by atoms with Gasteiger partial charge in [0.25, 0.3) is 5.91 Å². The Morgan fingerprint density at radius 2 is 1.80 bits per heavy atom. The lowest BCUT2D eigenvalue weighted by molar-refractivity contribution is -0.119. The number of nitrogens with zero attached hydrogens (tertiary/aromatic N) is 6. The molecular weight excluding hydrogens is 518 g/mol. The smallest absolute Gasteiger partial charge is 0.258 e. The summed E-state index contributed by atoms with van der Waals surface area (Å²) >= 11 is 0. The topological polar surface area (TPSA) is 107 Å². The number of carbonyl (C=O) groups is 2. The first-order chi connectivity index (χ1) is 19.8. The van der Waals surface area contributed by atoms with Crippen molar-refractivity contribution in [3.63, 3.8) is 0 Å². The van der Waals surface area contributed by atoms with Gasteiger partial charge in [-0.25, -0.2) is 9.67 Å². The van der Waals surface area contributed by atoms with Gasteiger partial charge >= 0.3 is 0 Å². The van der Waals surface area contributed by atoms with Crippen molar-refractivity contribution in [1.29, 1.82) is 0 Å². The van der Waals surface area contributed by atoms with Crippen LogP contribution in [0, 0.1) is 25.7 Å². The average Bonchev–Trinajstić information content (AvgIpc) is 3.62. The number of hydrogen-bond acceptors (Lipinski definition) is 7. The summed E-state index contributed by atoms with van der Waals surface area (Å²) in [5.41, 5.74) is 6.50. The summed E-state index contributed by atoms with van der Waals surface area (Å²) in [5.74, 6) is 2.21. The van der Waals surface area contributed by atoms with Crippen molar-refractivity contribution >= 4 is 34.4 Å². The van der Waals surface area contributed by atoms with Crippen LogP contribution in [-0.2, 0) is 18.4 Å². The number of imidazole rings is 1. The summed E-state index contributed by atoms with van der Waals surface area (Å²) in [6.07, 6.45) is 4.38. The number of piperidine rings is 1. The van der Waals surface area contributed by atoms with Gasteiger partial charge in [0.05, 0.1) is 34.6 Å². The number of hydrogen-bond donors (Lipinski definition) is 1. The summed E-state index contributed by atoms with van der Waals surface area (Å²) in [5, 5.41) is 7.75. The quantitative estimate of drug-likeness (QED) is 0.365. The van der Waals surface area contributed by atoms with Crippen LogP contribution in [-0.4, -0.2) is 55.7 Å². The third kappa shape index (κ3) is 4.75. The normalized spacial score (nSPS) is 21.1. The van der Waals surface area contributed by atoms with Crippen molar-refractivity contribution in [1.82, 2.24) is 24.3 Å². The molecule has 3 aromatic heterocycles. The predicted octanol–water partition coefficient (Wildman–Crippen LogP) is 4.68. The monoisotopic (exact) mass is 553 g/mol. The van der Waals surface area contributed by atoms with Crippen LogP contribution < -0.4 is 15.0 Å². The van der Waals surface area contributed by atoms with Gasteiger partial charge in [-0.3, -0.25) is 19.9 Å². The Labute approximate surface area is 238 Å². The van der Waals surface area contributed by atoms with Gasteiger partial charge in [0.15, 0.2) is 0 Å². The van der Waals surface area contributed by atoms with Crippen molar-refractivity contribution < 1.29 is 14.3 Å². The van der Waals surface area contributed by atoms with Crippen molar-refractivity contribution in [2.75, 3.05) is 29.9 Å². The molecule has 212 valence electrons. The Morgan fingerprint density at radius 3 is 2.63 bits per heavy atom. The second-order valence-corrected chi connectivity index (χ2v) is 11.8. The predicted molar refractivity (Wildman–Crippen MR) is 156 cm³/mol. The molecule has 4 bridgehead atoms. The fourth-order valence-corrected chi connectivity index (χ4v) is 6.75. The van der Waals surface area contributed by atoms with Crippen LogP contribution in [0.4, 0.5) is 11.6 Å². The number of ether oxygens (including phenoxy) is 1. The number of carbonyl (C=O) groups excluding carboxylic acids is 2. The molecule has 4 aromatic rings. The van der Waals surface area contributed by atoms with E-state index in [9.17, 15) is 9.59 Å². The van der Waals surface area contributed by atoms with Crippen LogP contribution in [0.2, 0.25) is 0 Å². The number of pyridine rings is 1. The van der Waals surface area contributed by atoms with Crippen LogP contribution in [0.5, 0.6) is 5.88 Å². The van der Waals surface area contributed by atoms with E-state index in [1.807, 2.05) is 33.0 Å². The maximum absolute atomic E-state index is 13.7. The fraction of sp³-hybridized carbons (Fsp3) is 0.452. The molecule has 1 aliphatic carbocycles. The van der Waals surface area contributed by atoms with Gasteiger partial charge in [-0.2, -0.15) is 5.10 Å². The number of nitrogens with one attached hydrogen (secondary N) is 1. The first kappa shape index (κ1) is 25.7. The van der Waals surface area contributed by atoms with E-state index in [0.29, 0.717) is 60.2 Å². The molecule has 3 aliphatic rings. The molecule has 1 amide bonds. The van der Waals surface area contributed by atoms with Crippen LogP contribution in [0.15, 0.2) is 30.3 Å². The number of anilines is 2. The van der Waals surface area contributed by atoms with Gasteiger partial charge in [0.2, 0.25) is 11.8 Å². The van der Waals surface area contributed by atoms with Gasteiger partial charge in [-0.1, -0.05) is 0 Å². The first-order valence-corrected chi connectivity index (χ1v) is 14.6. The van der Waals surface area contributed by atoms with Gasteiger partial charge < -0.3 is 14.2 Å². The highest BCUT2D eigenvalue weighted by molar-refractivity contribution is 6.05. The van der Waals surface area contributed by atoms with Crippen LogP contribution in [0.25, 0.3) is 22.3 Å². The zero-order chi connectivity index (χ0) is 28.2. The Hall–Kier alpha value is -4.21.